The van der Waals surface area contributed by atoms with E-state index in [2.05, 4.69) is 41.1 Å². The van der Waals surface area contributed by atoms with E-state index in [4.69, 9.17) is 0 Å². The van der Waals surface area contributed by atoms with Crippen molar-refractivity contribution in [2.24, 2.45) is 5.92 Å². The Morgan fingerprint density at radius 2 is 1.89 bits per heavy atom. The summed E-state index contributed by atoms with van der Waals surface area (Å²) in [4.78, 5) is 11.1. The Balaban J connectivity index is 1.86. The van der Waals surface area contributed by atoms with Gasteiger partial charge in [0.15, 0.2) is 0 Å². The van der Waals surface area contributed by atoms with Crippen molar-refractivity contribution in [1.82, 2.24) is 15.3 Å². The summed E-state index contributed by atoms with van der Waals surface area (Å²) in [6.07, 6.45) is 9.37. The van der Waals surface area contributed by atoms with E-state index in [0.29, 0.717) is 6.04 Å². The molecule has 1 aromatic rings. The van der Waals surface area contributed by atoms with Crippen LogP contribution in [0.3, 0.4) is 0 Å². The fourth-order valence-electron chi connectivity index (χ4n) is 2.62. The number of rotatable bonds is 6. The van der Waals surface area contributed by atoms with Crippen molar-refractivity contribution < 1.29 is 0 Å². The van der Waals surface area contributed by atoms with Crippen molar-refractivity contribution >= 4 is 5.95 Å². The van der Waals surface area contributed by atoms with Gasteiger partial charge in [-0.25, -0.2) is 9.97 Å². The zero-order chi connectivity index (χ0) is 13.7. The molecule has 0 aromatic carbocycles. The molecule has 0 aliphatic heterocycles. The fourth-order valence-corrected chi connectivity index (χ4v) is 2.62. The molecule has 0 spiro atoms. The van der Waals surface area contributed by atoms with Gasteiger partial charge in [0.25, 0.3) is 0 Å². The number of nitrogens with zero attached hydrogens (tertiary/aromatic N) is 3. The molecule has 1 aliphatic rings. The lowest BCUT2D eigenvalue weighted by Gasteiger charge is -2.21. The quantitative estimate of drug-likeness (QED) is 0.855. The van der Waals surface area contributed by atoms with Gasteiger partial charge in [-0.1, -0.05) is 26.7 Å². The summed E-state index contributed by atoms with van der Waals surface area (Å²) < 4.78 is 0. The van der Waals surface area contributed by atoms with Crippen LogP contribution >= 0.6 is 0 Å². The minimum atomic E-state index is 0.490. The van der Waals surface area contributed by atoms with Gasteiger partial charge in [-0.3, -0.25) is 0 Å². The minimum Gasteiger partial charge on any atom is -0.344 e. The van der Waals surface area contributed by atoms with Gasteiger partial charge in [0.1, 0.15) is 0 Å². The second-order valence-corrected chi connectivity index (χ2v) is 5.96. The molecule has 2 rings (SSSR count). The number of hydrogen-bond donors (Lipinski definition) is 1. The summed E-state index contributed by atoms with van der Waals surface area (Å²) in [5.74, 6) is 1.68. The van der Waals surface area contributed by atoms with Gasteiger partial charge < -0.3 is 10.2 Å². The Kier molecular flexibility index (Phi) is 5.14. The summed E-state index contributed by atoms with van der Waals surface area (Å²) in [5.41, 5.74) is 1.15. The van der Waals surface area contributed by atoms with Gasteiger partial charge in [-0.15, -0.1) is 0 Å². The maximum absolute atomic E-state index is 4.47. The van der Waals surface area contributed by atoms with Crippen molar-refractivity contribution in [2.75, 3.05) is 18.5 Å². The van der Waals surface area contributed by atoms with Crippen molar-refractivity contribution in [3.05, 3.63) is 18.0 Å². The van der Waals surface area contributed by atoms with Crippen molar-refractivity contribution in [3.63, 3.8) is 0 Å². The average Bonchev–Trinajstić information content (AvgIpc) is 2.89. The standard InChI is InChI=1S/C15H26N4/c1-12(2)16-8-14-9-17-15(18-10-14)19(3)11-13-6-4-5-7-13/h9-10,12-13,16H,4-8,11H2,1-3H3. The van der Waals surface area contributed by atoms with Crippen LogP contribution in [0.15, 0.2) is 12.4 Å². The van der Waals surface area contributed by atoms with Gasteiger partial charge in [-0.05, 0) is 18.8 Å². The van der Waals surface area contributed by atoms with Gasteiger partial charge in [0.05, 0.1) is 0 Å². The summed E-state index contributed by atoms with van der Waals surface area (Å²) in [6.45, 7) is 6.21. The van der Waals surface area contributed by atoms with E-state index >= 15 is 0 Å². The summed E-state index contributed by atoms with van der Waals surface area (Å²) in [7, 11) is 2.10. The Morgan fingerprint density at radius 1 is 1.26 bits per heavy atom. The summed E-state index contributed by atoms with van der Waals surface area (Å²) in [6, 6.07) is 0.490. The van der Waals surface area contributed by atoms with E-state index in [1.54, 1.807) is 0 Å². The smallest absolute Gasteiger partial charge is 0.225 e. The number of hydrogen-bond acceptors (Lipinski definition) is 4. The van der Waals surface area contributed by atoms with Crippen LogP contribution in [0.25, 0.3) is 0 Å². The summed E-state index contributed by atoms with van der Waals surface area (Å²) in [5, 5.41) is 3.38. The molecule has 106 valence electrons. The Hall–Kier alpha value is -1.16. The molecule has 1 aromatic heterocycles. The maximum Gasteiger partial charge on any atom is 0.225 e. The average molecular weight is 262 g/mol. The zero-order valence-electron chi connectivity index (χ0n) is 12.4. The second-order valence-electron chi connectivity index (χ2n) is 5.96. The number of aromatic nitrogens is 2. The van der Waals surface area contributed by atoms with E-state index in [1.165, 1.54) is 25.7 Å². The topological polar surface area (TPSA) is 41.1 Å². The molecule has 0 radical (unpaired) electrons. The SMILES string of the molecule is CC(C)NCc1cnc(N(C)CC2CCCC2)nc1. The largest absolute Gasteiger partial charge is 0.344 e. The van der Waals surface area contributed by atoms with Crippen LogP contribution in [0, 0.1) is 5.92 Å². The van der Waals surface area contributed by atoms with E-state index in [1.807, 2.05) is 12.4 Å². The molecule has 19 heavy (non-hydrogen) atoms. The number of anilines is 1. The lowest BCUT2D eigenvalue weighted by Crippen LogP contribution is -2.26. The third-order valence-electron chi connectivity index (χ3n) is 3.75. The Labute approximate surface area is 116 Å². The molecule has 0 amide bonds. The first-order chi connectivity index (χ1) is 9.15. The van der Waals surface area contributed by atoms with E-state index < -0.39 is 0 Å². The molecule has 1 heterocycles. The molecule has 1 fully saturated rings. The molecule has 1 saturated carbocycles. The van der Waals surface area contributed by atoms with Crippen molar-refractivity contribution in [1.29, 1.82) is 0 Å². The first kappa shape index (κ1) is 14.3. The molecule has 1 aliphatic carbocycles. The van der Waals surface area contributed by atoms with Crippen molar-refractivity contribution in [3.8, 4) is 0 Å². The molecule has 4 nitrogen and oxygen atoms in total. The second kappa shape index (κ2) is 6.85. The maximum atomic E-state index is 4.47. The van der Waals surface area contributed by atoms with Crippen LogP contribution in [0.1, 0.15) is 45.1 Å². The first-order valence-corrected chi connectivity index (χ1v) is 7.40. The molecule has 0 unspecified atom stereocenters. The fraction of sp³-hybridized carbons (Fsp3) is 0.733. The highest BCUT2D eigenvalue weighted by Gasteiger charge is 2.17. The van der Waals surface area contributed by atoms with Crippen LogP contribution in [0.4, 0.5) is 5.95 Å². The lowest BCUT2D eigenvalue weighted by atomic mass is 10.1. The lowest BCUT2D eigenvalue weighted by molar-refractivity contribution is 0.542. The molecule has 0 atom stereocenters. The first-order valence-electron chi connectivity index (χ1n) is 7.40. The van der Waals surface area contributed by atoms with E-state index in [0.717, 1.165) is 30.5 Å². The normalized spacial score (nSPS) is 16.2. The number of nitrogens with one attached hydrogen (secondary N) is 1. The molecule has 0 saturated heterocycles. The highest BCUT2D eigenvalue weighted by Crippen LogP contribution is 2.25. The van der Waals surface area contributed by atoms with Crippen LogP contribution in [0.2, 0.25) is 0 Å². The van der Waals surface area contributed by atoms with E-state index in [-0.39, 0.29) is 0 Å². The Morgan fingerprint density at radius 3 is 2.47 bits per heavy atom. The zero-order valence-corrected chi connectivity index (χ0v) is 12.4. The third-order valence-corrected chi connectivity index (χ3v) is 3.75. The predicted octanol–water partition coefficient (Wildman–Crippen LogP) is 2.60. The van der Waals surface area contributed by atoms with Gasteiger partial charge in [0.2, 0.25) is 5.95 Å². The highest BCUT2D eigenvalue weighted by molar-refractivity contribution is 5.28. The van der Waals surface area contributed by atoms with Crippen LogP contribution < -0.4 is 10.2 Å². The van der Waals surface area contributed by atoms with Crippen LogP contribution in [-0.2, 0) is 6.54 Å². The third kappa shape index (κ3) is 4.46. The van der Waals surface area contributed by atoms with Crippen LogP contribution in [-0.4, -0.2) is 29.6 Å². The Bertz CT molecular complexity index is 368. The van der Waals surface area contributed by atoms with Gasteiger partial charge in [0, 0.05) is 44.1 Å². The van der Waals surface area contributed by atoms with Gasteiger partial charge >= 0.3 is 0 Å². The molecular formula is C15H26N4. The van der Waals surface area contributed by atoms with Crippen LogP contribution in [0.5, 0.6) is 0 Å². The van der Waals surface area contributed by atoms with Crippen molar-refractivity contribution in [2.45, 2.75) is 52.1 Å². The molecule has 0 bridgehead atoms. The van der Waals surface area contributed by atoms with E-state index in [9.17, 15) is 0 Å². The van der Waals surface area contributed by atoms with Gasteiger partial charge in [-0.2, -0.15) is 0 Å². The minimum absolute atomic E-state index is 0.490. The molecule has 1 N–H and O–H groups in total. The highest BCUT2D eigenvalue weighted by atomic mass is 15.2. The monoisotopic (exact) mass is 262 g/mol. The predicted molar refractivity (Wildman–Crippen MR) is 79.2 cm³/mol. The summed E-state index contributed by atoms with van der Waals surface area (Å²) >= 11 is 0. The molecular weight excluding hydrogens is 236 g/mol. The molecule has 4 heteroatoms.